The zero-order valence-corrected chi connectivity index (χ0v) is 16.7. The number of carbonyl (C=O) groups is 1. The molecule has 3 rings (SSSR count). The average Bonchev–Trinajstić information content (AvgIpc) is 2.69. The van der Waals surface area contributed by atoms with Gasteiger partial charge in [0.1, 0.15) is 11.5 Å². The first-order valence-corrected chi connectivity index (χ1v) is 9.37. The molecule has 0 aliphatic rings. The maximum atomic E-state index is 12.5. The van der Waals surface area contributed by atoms with Gasteiger partial charge in [-0.15, -0.1) is 0 Å². The quantitative estimate of drug-likeness (QED) is 0.679. The first-order valence-electron chi connectivity index (χ1n) is 9.37. The highest BCUT2D eigenvalue weighted by Crippen LogP contribution is 2.22. The van der Waals surface area contributed by atoms with E-state index in [4.69, 9.17) is 0 Å². The van der Waals surface area contributed by atoms with Gasteiger partial charge in [-0.2, -0.15) is 0 Å². The number of aromatic nitrogens is 3. The number of anilines is 2. The van der Waals surface area contributed by atoms with E-state index in [2.05, 4.69) is 37.7 Å². The monoisotopic (exact) mass is 375 g/mol. The third kappa shape index (κ3) is 4.71. The van der Waals surface area contributed by atoms with Gasteiger partial charge in [-0.1, -0.05) is 30.7 Å². The fraction of sp³-hybridized carbons (Fsp3) is 0.273. The van der Waals surface area contributed by atoms with Crippen molar-refractivity contribution >= 4 is 17.4 Å². The van der Waals surface area contributed by atoms with E-state index >= 15 is 0 Å². The molecule has 0 atom stereocenters. The van der Waals surface area contributed by atoms with Crippen molar-refractivity contribution in [2.45, 2.75) is 34.1 Å². The first kappa shape index (κ1) is 19.5. The number of hydrogen-bond donors (Lipinski definition) is 2. The molecule has 6 heteroatoms. The number of nitrogens with zero attached hydrogens (tertiary/aromatic N) is 3. The standard InChI is InChI=1S/C22H25N5O/c1-5-17-12-19(26-22(25-17)18-8-6-7-9-23-18)24-13-20(28)27-21-15(3)10-14(2)11-16(21)4/h6-12H,5,13H2,1-4H3,(H,27,28)(H,24,25,26). The van der Waals surface area contributed by atoms with Crippen molar-refractivity contribution in [3.63, 3.8) is 0 Å². The second kappa shape index (κ2) is 8.61. The van der Waals surface area contributed by atoms with Crippen LogP contribution in [0.4, 0.5) is 11.5 Å². The average molecular weight is 375 g/mol. The lowest BCUT2D eigenvalue weighted by atomic mass is 10.1. The Morgan fingerprint density at radius 1 is 1.04 bits per heavy atom. The molecule has 3 aromatic rings. The number of pyridine rings is 1. The minimum absolute atomic E-state index is 0.119. The summed E-state index contributed by atoms with van der Waals surface area (Å²) in [5, 5.41) is 6.10. The third-order valence-electron chi connectivity index (χ3n) is 4.41. The van der Waals surface area contributed by atoms with Crippen molar-refractivity contribution in [1.29, 1.82) is 0 Å². The molecule has 28 heavy (non-hydrogen) atoms. The Kier molecular flexibility index (Phi) is 5.99. The molecule has 144 valence electrons. The molecular weight excluding hydrogens is 350 g/mol. The van der Waals surface area contributed by atoms with E-state index in [-0.39, 0.29) is 12.5 Å². The van der Waals surface area contributed by atoms with Crippen LogP contribution >= 0.6 is 0 Å². The summed E-state index contributed by atoms with van der Waals surface area (Å²) in [6.07, 6.45) is 2.48. The van der Waals surface area contributed by atoms with E-state index in [0.717, 1.165) is 28.9 Å². The minimum atomic E-state index is -0.119. The van der Waals surface area contributed by atoms with Gasteiger partial charge in [0.15, 0.2) is 5.82 Å². The van der Waals surface area contributed by atoms with Gasteiger partial charge in [-0.3, -0.25) is 9.78 Å². The van der Waals surface area contributed by atoms with Crippen LogP contribution in [0.5, 0.6) is 0 Å². The number of nitrogens with one attached hydrogen (secondary N) is 2. The van der Waals surface area contributed by atoms with Gasteiger partial charge in [-0.25, -0.2) is 9.97 Å². The molecule has 6 nitrogen and oxygen atoms in total. The Balaban J connectivity index is 1.73. The van der Waals surface area contributed by atoms with E-state index < -0.39 is 0 Å². The summed E-state index contributed by atoms with van der Waals surface area (Å²) < 4.78 is 0. The van der Waals surface area contributed by atoms with Crippen LogP contribution in [0, 0.1) is 20.8 Å². The zero-order chi connectivity index (χ0) is 20.1. The molecule has 0 spiro atoms. The summed E-state index contributed by atoms with van der Waals surface area (Å²) in [6.45, 7) is 8.20. The smallest absolute Gasteiger partial charge is 0.243 e. The highest BCUT2D eigenvalue weighted by Gasteiger charge is 2.11. The van der Waals surface area contributed by atoms with Crippen LogP contribution in [0.1, 0.15) is 29.3 Å². The summed E-state index contributed by atoms with van der Waals surface area (Å²) >= 11 is 0. The third-order valence-corrected chi connectivity index (χ3v) is 4.41. The van der Waals surface area contributed by atoms with Gasteiger partial charge >= 0.3 is 0 Å². The number of amides is 1. The molecule has 0 fully saturated rings. The molecule has 2 heterocycles. The predicted molar refractivity (Wildman–Crippen MR) is 112 cm³/mol. The van der Waals surface area contributed by atoms with E-state index in [1.807, 2.05) is 52.0 Å². The normalized spacial score (nSPS) is 10.6. The largest absolute Gasteiger partial charge is 0.361 e. The summed E-state index contributed by atoms with van der Waals surface area (Å²) in [4.78, 5) is 25.8. The molecular formula is C22H25N5O. The van der Waals surface area contributed by atoms with Gasteiger partial charge in [-0.05, 0) is 50.5 Å². The van der Waals surface area contributed by atoms with Gasteiger partial charge in [0.25, 0.3) is 0 Å². The van der Waals surface area contributed by atoms with Crippen molar-refractivity contribution in [1.82, 2.24) is 15.0 Å². The van der Waals surface area contributed by atoms with Gasteiger partial charge in [0.2, 0.25) is 5.91 Å². The Labute approximate surface area is 165 Å². The topological polar surface area (TPSA) is 79.8 Å². The molecule has 0 radical (unpaired) electrons. The van der Waals surface area contributed by atoms with Crippen LogP contribution < -0.4 is 10.6 Å². The SMILES string of the molecule is CCc1cc(NCC(=O)Nc2c(C)cc(C)cc2C)nc(-c2ccccn2)n1. The van der Waals surface area contributed by atoms with Gasteiger partial charge in [0.05, 0.1) is 6.54 Å². The Morgan fingerprint density at radius 2 is 1.79 bits per heavy atom. The van der Waals surface area contributed by atoms with Crippen LogP contribution in [0.2, 0.25) is 0 Å². The van der Waals surface area contributed by atoms with E-state index in [0.29, 0.717) is 17.3 Å². The second-order valence-electron chi connectivity index (χ2n) is 6.81. The Bertz CT molecular complexity index is 962. The number of carbonyl (C=O) groups excluding carboxylic acids is 1. The first-order chi connectivity index (χ1) is 13.5. The van der Waals surface area contributed by atoms with Gasteiger partial charge in [0, 0.05) is 23.6 Å². The molecule has 0 aliphatic carbocycles. The van der Waals surface area contributed by atoms with Gasteiger partial charge < -0.3 is 10.6 Å². The fourth-order valence-corrected chi connectivity index (χ4v) is 3.11. The predicted octanol–water partition coefficient (Wildman–Crippen LogP) is 4.08. The number of benzene rings is 1. The van der Waals surface area contributed by atoms with E-state index in [9.17, 15) is 4.79 Å². The van der Waals surface area contributed by atoms with Crippen molar-refractivity contribution in [2.24, 2.45) is 0 Å². The Hall–Kier alpha value is -3.28. The highest BCUT2D eigenvalue weighted by atomic mass is 16.1. The van der Waals surface area contributed by atoms with Crippen LogP contribution in [0.15, 0.2) is 42.6 Å². The number of aryl methyl sites for hydroxylation is 4. The Morgan fingerprint density at radius 3 is 2.43 bits per heavy atom. The van der Waals surface area contributed by atoms with Crippen LogP contribution in [0.25, 0.3) is 11.5 Å². The zero-order valence-electron chi connectivity index (χ0n) is 16.7. The van der Waals surface area contributed by atoms with E-state index in [1.54, 1.807) is 6.20 Å². The molecule has 0 unspecified atom stereocenters. The summed E-state index contributed by atoms with van der Waals surface area (Å²) in [7, 11) is 0. The van der Waals surface area contributed by atoms with Crippen LogP contribution in [-0.4, -0.2) is 27.4 Å². The lowest BCUT2D eigenvalue weighted by Crippen LogP contribution is -2.23. The fourth-order valence-electron chi connectivity index (χ4n) is 3.11. The molecule has 2 N–H and O–H groups in total. The second-order valence-corrected chi connectivity index (χ2v) is 6.81. The molecule has 0 bridgehead atoms. The van der Waals surface area contributed by atoms with Crippen molar-refractivity contribution in [2.75, 3.05) is 17.2 Å². The van der Waals surface area contributed by atoms with Crippen LogP contribution in [0.3, 0.4) is 0 Å². The number of rotatable bonds is 6. The minimum Gasteiger partial charge on any atom is -0.361 e. The maximum absolute atomic E-state index is 12.5. The van der Waals surface area contributed by atoms with Crippen molar-refractivity contribution < 1.29 is 4.79 Å². The summed E-state index contributed by atoms with van der Waals surface area (Å²) in [5.74, 6) is 1.04. The maximum Gasteiger partial charge on any atom is 0.243 e. The molecule has 0 saturated heterocycles. The van der Waals surface area contributed by atoms with Crippen molar-refractivity contribution in [3.8, 4) is 11.5 Å². The van der Waals surface area contributed by atoms with Crippen molar-refractivity contribution in [3.05, 3.63) is 65.0 Å². The molecule has 1 aromatic carbocycles. The lowest BCUT2D eigenvalue weighted by molar-refractivity contribution is -0.114. The summed E-state index contributed by atoms with van der Waals surface area (Å²) in [6, 6.07) is 11.6. The summed E-state index contributed by atoms with van der Waals surface area (Å²) in [5.41, 5.74) is 5.75. The molecule has 0 saturated carbocycles. The lowest BCUT2D eigenvalue weighted by Gasteiger charge is -2.14. The highest BCUT2D eigenvalue weighted by molar-refractivity contribution is 5.95. The number of hydrogen-bond acceptors (Lipinski definition) is 5. The molecule has 2 aromatic heterocycles. The molecule has 0 aliphatic heterocycles. The molecule has 1 amide bonds. The van der Waals surface area contributed by atoms with Crippen LogP contribution in [-0.2, 0) is 11.2 Å². The van der Waals surface area contributed by atoms with E-state index in [1.165, 1.54) is 5.56 Å².